The molecule has 0 aliphatic carbocycles. The third-order valence-electron chi connectivity index (χ3n) is 3.87. The smallest absolute Gasteiger partial charge is 0.194 e. The first-order valence-electron chi connectivity index (χ1n) is 8.42. The number of aromatic nitrogens is 5. The number of aliphatic imine (C=N–C) groups is 1. The van der Waals surface area contributed by atoms with Crippen molar-refractivity contribution in [1.29, 1.82) is 0 Å². The van der Waals surface area contributed by atoms with Gasteiger partial charge < -0.3 is 14.8 Å². The van der Waals surface area contributed by atoms with Crippen molar-refractivity contribution in [2.45, 2.75) is 39.8 Å². The van der Waals surface area contributed by atoms with E-state index in [0.29, 0.717) is 6.54 Å². The SMILES string of the molecule is CCNC(=NCCCCn1ccnc1C)N(C)Cc1ncnn1C. The monoisotopic (exact) mass is 332 g/mol. The van der Waals surface area contributed by atoms with E-state index in [0.717, 1.165) is 50.1 Å². The molecule has 8 nitrogen and oxygen atoms in total. The summed E-state index contributed by atoms with van der Waals surface area (Å²) in [6.45, 7) is 7.43. The average molecular weight is 332 g/mol. The molecule has 2 heterocycles. The summed E-state index contributed by atoms with van der Waals surface area (Å²) in [6.07, 6.45) is 7.58. The van der Waals surface area contributed by atoms with Crippen LogP contribution < -0.4 is 5.32 Å². The Kier molecular flexibility index (Phi) is 6.77. The highest BCUT2D eigenvalue weighted by Gasteiger charge is 2.09. The zero-order valence-corrected chi connectivity index (χ0v) is 15.1. The van der Waals surface area contributed by atoms with E-state index in [-0.39, 0.29) is 0 Å². The Hall–Kier alpha value is -2.38. The highest BCUT2D eigenvalue weighted by molar-refractivity contribution is 5.79. The zero-order chi connectivity index (χ0) is 17.4. The van der Waals surface area contributed by atoms with Gasteiger partial charge in [-0.2, -0.15) is 5.10 Å². The number of aryl methyl sites for hydroxylation is 3. The highest BCUT2D eigenvalue weighted by atomic mass is 15.4. The van der Waals surface area contributed by atoms with Crippen LogP contribution in [0.3, 0.4) is 0 Å². The molecule has 0 fully saturated rings. The summed E-state index contributed by atoms with van der Waals surface area (Å²) in [6, 6.07) is 0. The molecule has 2 aromatic rings. The summed E-state index contributed by atoms with van der Waals surface area (Å²) >= 11 is 0. The van der Waals surface area contributed by atoms with E-state index in [2.05, 4.69) is 36.8 Å². The molecule has 8 heteroatoms. The summed E-state index contributed by atoms with van der Waals surface area (Å²) in [5.41, 5.74) is 0. The number of unbranched alkanes of at least 4 members (excludes halogenated alkanes) is 1. The molecule has 132 valence electrons. The third kappa shape index (κ3) is 5.07. The quantitative estimate of drug-likeness (QED) is 0.446. The van der Waals surface area contributed by atoms with Gasteiger partial charge in [0, 0.05) is 46.1 Å². The molecule has 0 aliphatic heterocycles. The number of guanidine groups is 1. The Labute approximate surface area is 143 Å². The van der Waals surface area contributed by atoms with Crippen LogP contribution in [0.4, 0.5) is 0 Å². The van der Waals surface area contributed by atoms with E-state index in [4.69, 9.17) is 4.99 Å². The molecule has 0 radical (unpaired) electrons. The second-order valence-corrected chi connectivity index (χ2v) is 5.77. The minimum atomic E-state index is 0.677. The van der Waals surface area contributed by atoms with E-state index >= 15 is 0 Å². The Morgan fingerprint density at radius 1 is 1.33 bits per heavy atom. The maximum atomic E-state index is 4.71. The molecule has 0 bridgehead atoms. The van der Waals surface area contributed by atoms with Crippen LogP contribution in [0.15, 0.2) is 23.7 Å². The predicted octanol–water partition coefficient (Wildman–Crippen LogP) is 1.20. The standard InChI is InChI=1S/C16H28N8/c1-5-17-16(22(3)12-15-20-13-21-23(15)4)19-8-6-7-10-24-11-9-18-14(24)2/h9,11,13H,5-8,10,12H2,1-4H3,(H,17,19). The molecule has 0 aromatic carbocycles. The van der Waals surface area contributed by atoms with Crippen molar-refractivity contribution in [3.63, 3.8) is 0 Å². The molecule has 2 aromatic heterocycles. The van der Waals surface area contributed by atoms with Crippen molar-refractivity contribution in [1.82, 2.24) is 34.5 Å². The van der Waals surface area contributed by atoms with E-state index in [1.807, 2.05) is 33.4 Å². The summed E-state index contributed by atoms with van der Waals surface area (Å²) in [5, 5.41) is 7.44. The van der Waals surface area contributed by atoms with Gasteiger partial charge in [0.15, 0.2) is 5.96 Å². The first-order chi connectivity index (χ1) is 11.6. The number of imidazole rings is 1. The van der Waals surface area contributed by atoms with E-state index in [1.54, 1.807) is 11.0 Å². The summed E-state index contributed by atoms with van der Waals surface area (Å²) in [5.74, 6) is 2.88. The number of hydrogen-bond acceptors (Lipinski definition) is 4. The lowest BCUT2D eigenvalue weighted by Crippen LogP contribution is -2.39. The van der Waals surface area contributed by atoms with Gasteiger partial charge in [0.1, 0.15) is 18.0 Å². The van der Waals surface area contributed by atoms with Gasteiger partial charge in [-0.05, 0) is 26.7 Å². The van der Waals surface area contributed by atoms with Crippen LogP contribution in [-0.2, 0) is 20.1 Å². The zero-order valence-electron chi connectivity index (χ0n) is 15.1. The van der Waals surface area contributed by atoms with Gasteiger partial charge >= 0.3 is 0 Å². The molecule has 2 rings (SSSR count). The van der Waals surface area contributed by atoms with Gasteiger partial charge in [0.25, 0.3) is 0 Å². The minimum absolute atomic E-state index is 0.677. The molecular weight excluding hydrogens is 304 g/mol. The van der Waals surface area contributed by atoms with Crippen LogP contribution in [0.1, 0.15) is 31.4 Å². The average Bonchev–Trinajstić information content (AvgIpc) is 3.15. The molecule has 0 saturated heterocycles. The number of hydrogen-bond donors (Lipinski definition) is 1. The van der Waals surface area contributed by atoms with E-state index in [1.165, 1.54) is 0 Å². The van der Waals surface area contributed by atoms with Gasteiger partial charge in [0.2, 0.25) is 0 Å². The second-order valence-electron chi connectivity index (χ2n) is 5.77. The van der Waals surface area contributed by atoms with Crippen molar-refractivity contribution in [2.75, 3.05) is 20.1 Å². The van der Waals surface area contributed by atoms with Gasteiger partial charge in [0.05, 0.1) is 6.54 Å². The van der Waals surface area contributed by atoms with E-state index < -0.39 is 0 Å². The Bertz CT molecular complexity index is 642. The van der Waals surface area contributed by atoms with Crippen molar-refractivity contribution in [2.24, 2.45) is 12.0 Å². The largest absolute Gasteiger partial charge is 0.357 e. The molecule has 0 spiro atoms. The number of rotatable bonds is 8. The topological polar surface area (TPSA) is 76.2 Å². The maximum Gasteiger partial charge on any atom is 0.194 e. The van der Waals surface area contributed by atoms with Crippen LogP contribution in [0.25, 0.3) is 0 Å². The van der Waals surface area contributed by atoms with Crippen LogP contribution >= 0.6 is 0 Å². The van der Waals surface area contributed by atoms with Gasteiger partial charge in [-0.3, -0.25) is 9.67 Å². The molecule has 0 unspecified atom stereocenters. The van der Waals surface area contributed by atoms with Crippen molar-refractivity contribution < 1.29 is 0 Å². The fourth-order valence-electron chi connectivity index (χ4n) is 2.44. The Morgan fingerprint density at radius 2 is 2.17 bits per heavy atom. The Balaban J connectivity index is 1.81. The van der Waals surface area contributed by atoms with Crippen molar-refractivity contribution in [3.8, 4) is 0 Å². The van der Waals surface area contributed by atoms with Gasteiger partial charge in [-0.1, -0.05) is 0 Å². The first kappa shape index (κ1) is 18.0. The van der Waals surface area contributed by atoms with E-state index in [9.17, 15) is 0 Å². The summed E-state index contributed by atoms with van der Waals surface area (Å²) < 4.78 is 3.96. The lowest BCUT2D eigenvalue weighted by atomic mass is 10.3. The Morgan fingerprint density at radius 3 is 2.79 bits per heavy atom. The number of nitrogens with one attached hydrogen (secondary N) is 1. The lowest BCUT2D eigenvalue weighted by molar-refractivity contribution is 0.448. The molecule has 24 heavy (non-hydrogen) atoms. The predicted molar refractivity (Wildman–Crippen MR) is 94.6 cm³/mol. The number of nitrogens with zero attached hydrogens (tertiary/aromatic N) is 7. The molecule has 0 amide bonds. The van der Waals surface area contributed by atoms with Crippen molar-refractivity contribution >= 4 is 5.96 Å². The molecule has 1 N–H and O–H groups in total. The second kappa shape index (κ2) is 9.05. The first-order valence-corrected chi connectivity index (χ1v) is 8.42. The van der Waals surface area contributed by atoms with Crippen molar-refractivity contribution in [3.05, 3.63) is 30.4 Å². The lowest BCUT2D eigenvalue weighted by Gasteiger charge is -2.21. The minimum Gasteiger partial charge on any atom is -0.357 e. The van der Waals surface area contributed by atoms with Crippen LogP contribution in [0.2, 0.25) is 0 Å². The fraction of sp³-hybridized carbons (Fsp3) is 0.625. The van der Waals surface area contributed by atoms with Gasteiger partial charge in [-0.15, -0.1) is 0 Å². The highest BCUT2D eigenvalue weighted by Crippen LogP contribution is 2.02. The van der Waals surface area contributed by atoms with Gasteiger partial charge in [-0.25, -0.2) is 9.97 Å². The van der Waals surface area contributed by atoms with Crippen LogP contribution in [-0.4, -0.2) is 55.3 Å². The molecule has 0 saturated carbocycles. The van der Waals surface area contributed by atoms with Crippen LogP contribution in [0.5, 0.6) is 0 Å². The summed E-state index contributed by atoms with van der Waals surface area (Å²) in [4.78, 5) is 15.3. The van der Waals surface area contributed by atoms with Crippen LogP contribution in [0, 0.1) is 6.92 Å². The fourth-order valence-corrected chi connectivity index (χ4v) is 2.44. The summed E-state index contributed by atoms with van der Waals surface area (Å²) in [7, 11) is 3.92. The maximum absolute atomic E-state index is 4.71. The molecule has 0 atom stereocenters. The normalized spacial score (nSPS) is 11.8. The molecule has 0 aliphatic rings. The molecular formula is C16H28N8. The third-order valence-corrected chi connectivity index (χ3v) is 3.87.